The van der Waals surface area contributed by atoms with Gasteiger partial charge in [0.2, 0.25) is 0 Å². The Hall–Kier alpha value is -0.860. The summed E-state index contributed by atoms with van der Waals surface area (Å²) in [7, 11) is 4.28. The molecule has 0 saturated carbocycles. The summed E-state index contributed by atoms with van der Waals surface area (Å²) < 4.78 is 0. The van der Waals surface area contributed by atoms with Crippen LogP contribution in [-0.4, -0.2) is 31.1 Å². The average molecular weight is 262 g/mol. The Bertz CT molecular complexity index is 367. The van der Waals surface area contributed by atoms with E-state index in [4.69, 9.17) is 0 Å². The van der Waals surface area contributed by atoms with Crippen molar-refractivity contribution in [3.05, 3.63) is 35.9 Å². The third kappa shape index (κ3) is 4.05. The van der Waals surface area contributed by atoms with Crippen molar-refractivity contribution in [3.8, 4) is 0 Å². The Morgan fingerprint density at radius 2 is 1.58 bits per heavy atom. The number of benzene rings is 1. The van der Waals surface area contributed by atoms with Crippen LogP contribution in [0, 0.1) is 5.41 Å². The highest BCUT2D eigenvalue weighted by Gasteiger charge is 2.30. The molecule has 3 atom stereocenters. The van der Waals surface area contributed by atoms with E-state index < -0.39 is 0 Å². The van der Waals surface area contributed by atoms with E-state index in [-0.39, 0.29) is 5.41 Å². The van der Waals surface area contributed by atoms with E-state index in [0.29, 0.717) is 18.1 Å². The Balaban J connectivity index is 2.88. The van der Waals surface area contributed by atoms with Gasteiger partial charge < -0.3 is 5.32 Å². The SMILES string of the molecule is CNC(c1ccccc1)C(C)N(C)C(C)C(C)(C)C. The number of hydrogen-bond donors (Lipinski definition) is 1. The molecule has 0 fully saturated rings. The van der Waals surface area contributed by atoms with Crippen molar-refractivity contribution in [2.45, 2.75) is 52.7 Å². The first kappa shape index (κ1) is 16.2. The molecule has 0 radical (unpaired) electrons. The fourth-order valence-corrected chi connectivity index (χ4v) is 2.55. The largest absolute Gasteiger partial charge is 0.312 e. The van der Waals surface area contributed by atoms with Crippen molar-refractivity contribution in [1.82, 2.24) is 10.2 Å². The van der Waals surface area contributed by atoms with Crippen molar-refractivity contribution >= 4 is 0 Å². The van der Waals surface area contributed by atoms with Gasteiger partial charge in [0.25, 0.3) is 0 Å². The molecule has 0 heterocycles. The average Bonchev–Trinajstić information content (AvgIpc) is 2.38. The number of rotatable bonds is 5. The lowest BCUT2D eigenvalue weighted by Crippen LogP contribution is -2.48. The normalized spacial score (nSPS) is 17.3. The van der Waals surface area contributed by atoms with E-state index in [0.717, 1.165) is 0 Å². The van der Waals surface area contributed by atoms with Crippen LogP contribution in [0.2, 0.25) is 0 Å². The van der Waals surface area contributed by atoms with Crippen LogP contribution in [0.4, 0.5) is 0 Å². The predicted molar refractivity (Wildman–Crippen MR) is 84.4 cm³/mol. The van der Waals surface area contributed by atoms with Gasteiger partial charge in [-0.05, 0) is 38.9 Å². The molecule has 1 aromatic carbocycles. The Kier molecular flexibility index (Phi) is 5.57. The minimum Gasteiger partial charge on any atom is -0.312 e. The van der Waals surface area contributed by atoms with Crippen molar-refractivity contribution < 1.29 is 0 Å². The molecule has 0 aromatic heterocycles. The maximum Gasteiger partial charge on any atom is 0.0473 e. The maximum atomic E-state index is 3.46. The van der Waals surface area contributed by atoms with Crippen molar-refractivity contribution in [1.29, 1.82) is 0 Å². The minimum atomic E-state index is 0.290. The monoisotopic (exact) mass is 262 g/mol. The van der Waals surface area contributed by atoms with E-state index in [2.05, 4.69) is 82.2 Å². The van der Waals surface area contributed by atoms with Crippen LogP contribution < -0.4 is 5.32 Å². The Morgan fingerprint density at radius 1 is 1.05 bits per heavy atom. The van der Waals surface area contributed by atoms with Crippen LogP contribution in [0.1, 0.15) is 46.2 Å². The van der Waals surface area contributed by atoms with Gasteiger partial charge in [-0.25, -0.2) is 0 Å². The van der Waals surface area contributed by atoms with Gasteiger partial charge in [0.15, 0.2) is 0 Å². The summed E-state index contributed by atoms with van der Waals surface area (Å²) in [6.07, 6.45) is 0. The lowest BCUT2D eigenvalue weighted by Gasteiger charge is -2.41. The fourth-order valence-electron chi connectivity index (χ4n) is 2.55. The molecule has 0 spiro atoms. The summed E-state index contributed by atoms with van der Waals surface area (Å²) in [4.78, 5) is 2.48. The highest BCUT2D eigenvalue weighted by Crippen LogP contribution is 2.28. The van der Waals surface area contributed by atoms with E-state index in [1.54, 1.807) is 0 Å². The van der Waals surface area contributed by atoms with E-state index in [1.807, 2.05) is 7.05 Å². The topological polar surface area (TPSA) is 15.3 Å². The molecular formula is C17H30N2. The van der Waals surface area contributed by atoms with E-state index in [1.165, 1.54) is 5.56 Å². The quantitative estimate of drug-likeness (QED) is 0.870. The first-order valence-electron chi connectivity index (χ1n) is 7.23. The van der Waals surface area contributed by atoms with Crippen molar-refractivity contribution in [3.63, 3.8) is 0 Å². The van der Waals surface area contributed by atoms with Crippen molar-refractivity contribution in [2.75, 3.05) is 14.1 Å². The van der Waals surface area contributed by atoms with Crippen LogP contribution in [0.3, 0.4) is 0 Å². The van der Waals surface area contributed by atoms with Gasteiger partial charge in [-0.15, -0.1) is 0 Å². The van der Waals surface area contributed by atoms with Crippen LogP contribution in [0.15, 0.2) is 30.3 Å². The molecule has 19 heavy (non-hydrogen) atoms. The fraction of sp³-hybridized carbons (Fsp3) is 0.647. The van der Waals surface area contributed by atoms with Crippen LogP contribution >= 0.6 is 0 Å². The van der Waals surface area contributed by atoms with Gasteiger partial charge in [0.1, 0.15) is 0 Å². The van der Waals surface area contributed by atoms with E-state index in [9.17, 15) is 0 Å². The summed E-state index contributed by atoms with van der Waals surface area (Å²) in [5, 5.41) is 3.46. The lowest BCUT2D eigenvalue weighted by molar-refractivity contribution is 0.0868. The number of hydrogen-bond acceptors (Lipinski definition) is 2. The second kappa shape index (κ2) is 6.53. The third-order valence-electron chi connectivity index (χ3n) is 4.46. The van der Waals surface area contributed by atoms with Gasteiger partial charge >= 0.3 is 0 Å². The summed E-state index contributed by atoms with van der Waals surface area (Å²) >= 11 is 0. The van der Waals surface area contributed by atoms with Crippen LogP contribution in [0.25, 0.3) is 0 Å². The molecule has 0 aliphatic carbocycles. The zero-order valence-corrected chi connectivity index (χ0v) is 13.6. The molecule has 1 rings (SSSR count). The molecular weight excluding hydrogens is 232 g/mol. The number of likely N-dealkylation sites (N-methyl/N-ethyl adjacent to an activating group) is 2. The molecule has 0 aliphatic heterocycles. The highest BCUT2D eigenvalue weighted by molar-refractivity contribution is 5.20. The van der Waals surface area contributed by atoms with Gasteiger partial charge in [-0.1, -0.05) is 51.1 Å². The highest BCUT2D eigenvalue weighted by atomic mass is 15.2. The molecule has 0 bridgehead atoms. The van der Waals surface area contributed by atoms with Gasteiger partial charge in [0.05, 0.1) is 0 Å². The second-order valence-corrected chi connectivity index (χ2v) is 6.63. The number of nitrogens with one attached hydrogen (secondary N) is 1. The second-order valence-electron chi connectivity index (χ2n) is 6.63. The molecule has 2 heteroatoms. The molecule has 0 saturated heterocycles. The Labute approximate surface area is 119 Å². The predicted octanol–water partition coefficient (Wildman–Crippen LogP) is 3.70. The molecule has 0 aliphatic rings. The first-order valence-corrected chi connectivity index (χ1v) is 7.23. The van der Waals surface area contributed by atoms with E-state index >= 15 is 0 Å². The zero-order valence-electron chi connectivity index (χ0n) is 13.6. The van der Waals surface area contributed by atoms with Gasteiger partial charge in [-0.3, -0.25) is 4.90 Å². The van der Waals surface area contributed by atoms with Gasteiger partial charge in [-0.2, -0.15) is 0 Å². The first-order chi connectivity index (χ1) is 8.79. The Morgan fingerprint density at radius 3 is 2.00 bits per heavy atom. The molecule has 1 aromatic rings. The number of nitrogens with zero attached hydrogens (tertiary/aromatic N) is 1. The smallest absolute Gasteiger partial charge is 0.0473 e. The lowest BCUT2D eigenvalue weighted by atomic mass is 9.85. The van der Waals surface area contributed by atoms with Crippen LogP contribution in [0.5, 0.6) is 0 Å². The summed E-state index contributed by atoms with van der Waals surface area (Å²) in [5.41, 5.74) is 1.64. The summed E-state index contributed by atoms with van der Waals surface area (Å²) in [6, 6.07) is 12.0. The molecule has 3 unspecified atom stereocenters. The molecule has 108 valence electrons. The minimum absolute atomic E-state index is 0.290. The maximum absolute atomic E-state index is 3.46. The van der Waals surface area contributed by atoms with Crippen molar-refractivity contribution in [2.24, 2.45) is 5.41 Å². The zero-order chi connectivity index (χ0) is 14.6. The summed E-state index contributed by atoms with van der Waals surface area (Å²) in [5.74, 6) is 0. The van der Waals surface area contributed by atoms with Gasteiger partial charge in [0, 0.05) is 18.1 Å². The summed E-state index contributed by atoms with van der Waals surface area (Å²) in [6.45, 7) is 11.5. The molecule has 0 amide bonds. The molecule has 2 nitrogen and oxygen atoms in total. The molecule has 1 N–H and O–H groups in total. The third-order valence-corrected chi connectivity index (χ3v) is 4.46. The van der Waals surface area contributed by atoms with Crippen LogP contribution in [-0.2, 0) is 0 Å². The standard InChI is InChI=1S/C17H30N2/c1-13(19(7)14(2)17(3,4)5)16(18-6)15-11-9-8-10-12-15/h8-14,16,18H,1-7H3.